The van der Waals surface area contributed by atoms with Gasteiger partial charge in [0.1, 0.15) is 12.4 Å². The van der Waals surface area contributed by atoms with Gasteiger partial charge in [-0.2, -0.15) is 26.3 Å². The molecule has 0 saturated heterocycles. The number of aryl methyl sites for hydroxylation is 1. The number of hydrogen-bond acceptors (Lipinski definition) is 6. The van der Waals surface area contributed by atoms with Crippen LogP contribution in [0.3, 0.4) is 0 Å². The Morgan fingerprint density at radius 3 is 1.80 bits per heavy atom. The summed E-state index contributed by atoms with van der Waals surface area (Å²) in [5.41, 5.74) is -10.3. The number of benzene rings is 1. The van der Waals surface area contributed by atoms with E-state index in [0.717, 1.165) is 15.3 Å². The lowest BCUT2D eigenvalue weighted by Crippen LogP contribution is -2.41. The zero-order valence-electron chi connectivity index (χ0n) is 17.5. The molecule has 1 heterocycles. The number of hydrogen-bond donors (Lipinski definition) is 0. The smallest absolute Gasteiger partial charge is 0.421 e. The average Bonchev–Trinajstić information content (AvgIpc) is 2.69. The monoisotopic (exact) mass is 554 g/mol. The van der Waals surface area contributed by atoms with E-state index in [1.54, 1.807) is 29.3 Å². The van der Waals surface area contributed by atoms with E-state index in [0.29, 0.717) is 12.4 Å². The van der Waals surface area contributed by atoms with Gasteiger partial charge in [0.2, 0.25) is 12.4 Å². The average molecular weight is 554 g/mol. The van der Waals surface area contributed by atoms with Crippen molar-refractivity contribution in [3.8, 4) is 0 Å². The fraction of sp³-hybridized carbons (Fsp3) is 0.278. The molecular weight excluding hydrogens is 537 g/mol. The summed E-state index contributed by atoms with van der Waals surface area (Å²) < 4.78 is 129. The van der Waals surface area contributed by atoms with Crippen LogP contribution < -0.4 is 9.57 Å². The summed E-state index contributed by atoms with van der Waals surface area (Å²) in [4.78, 5) is 5.46. The Balaban J connectivity index is 0.000000367. The quantitative estimate of drug-likeness (QED) is 0.281. The molecule has 0 aliphatic heterocycles. The second kappa shape index (κ2) is 11.8. The lowest BCUT2D eigenvalue weighted by molar-refractivity contribution is -0.880. The molecule has 0 aliphatic rings. The molecule has 2 aromatic rings. The Labute approximate surface area is 195 Å². The van der Waals surface area contributed by atoms with E-state index in [1.807, 2.05) is 19.1 Å². The summed E-state index contributed by atoms with van der Waals surface area (Å²) in [6.07, 6.45) is 3.61. The highest BCUT2D eigenvalue weighted by Gasteiger charge is 2.46. The first-order valence-electron chi connectivity index (χ1n) is 8.87. The van der Waals surface area contributed by atoms with Gasteiger partial charge in [0.25, 0.3) is 0 Å². The molecule has 0 aliphatic carbocycles. The molecular formula is C18H17F7N2O6S2. The van der Waals surface area contributed by atoms with Gasteiger partial charge >= 0.3 is 11.0 Å². The lowest BCUT2D eigenvalue weighted by atomic mass is 10.2. The van der Waals surface area contributed by atoms with Crippen LogP contribution in [0.15, 0.2) is 61.1 Å². The van der Waals surface area contributed by atoms with E-state index >= 15 is 0 Å². The van der Waals surface area contributed by atoms with E-state index in [2.05, 4.69) is 6.58 Å². The van der Waals surface area contributed by atoms with E-state index in [-0.39, 0.29) is 12.4 Å². The molecule has 8 nitrogen and oxygen atoms in total. The maximum absolute atomic E-state index is 12.7. The van der Waals surface area contributed by atoms with Gasteiger partial charge in [-0.3, -0.25) is 0 Å². The molecule has 0 N–H and O–H groups in total. The van der Waals surface area contributed by atoms with Crippen molar-refractivity contribution in [1.29, 1.82) is 0 Å². The van der Waals surface area contributed by atoms with Crippen LogP contribution in [-0.4, -0.2) is 34.5 Å². The van der Waals surface area contributed by atoms with Gasteiger partial charge in [0, 0.05) is 16.9 Å². The predicted molar refractivity (Wildman–Crippen MR) is 106 cm³/mol. The zero-order valence-corrected chi connectivity index (χ0v) is 19.2. The lowest BCUT2D eigenvalue weighted by Gasteiger charge is -2.22. The molecule has 0 saturated carbocycles. The minimum atomic E-state index is -6.72. The summed E-state index contributed by atoms with van der Waals surface area (Å²) in [7, 11) is -13.4. The van der Waals surface area contributed by atoms with Gasteiger partial charge in [0.15, 0.2) is 25.8 Å². The molecule has 17 heteroatoms. The van der Waals surface area contributed by atoms with E-state index in [1.165, 1.54) is 12.1 Å². The Morgan fingerprint density at radius 2 is 1.37 bits per heavy atom. The van der Waals surface area contributed by atoms with Crippen LogP contribution in [0.1, 0.15) is 11.1 Å². The normalized spacial score (nSPS) is 12.5. The van der Waals surface area contributed by atoms with Crippen LogP contribution in [0.4, 0.5) is 30.7 Å². The minimum Gasteiger partial charge on any atom is -0.421 e. The third-order valence-electron chi connectivity index (χ3n) is 3.43. The van der Waals surface area contributed by atoms with Crippen molar-refractivity contribution < 1.29 is 61.9 Å². The molecule has 0 unspecified atom stereocenters. The molecule has 0 amide bonds. The number of pyridine rings is 1. The van der Waals surface area contributed by atoms with Crippen molar-refractivity contribution in [3.63, 3.8) is 0 Å². The van der Waals surface area contributed by atoms with Gasteiger partial charge in [0.05, 0.1) is 6.61 Å². The molecule has 2 rings (SSSR count). The molecule has 196 valence electrons. The highest BCUT2D eigenvalue weighted by atomic mass is 32.3. The summed E-state index contributed by atoms with van der Waals surface area (Å²) in [6.45, 7) is 6.46. The SMILES string of the molecule is C=C(COCc1ccc(F)cc1)O[n+]1ccc(C)cc1.O=S(=O)([N-]S(=O)(=O)C(F)(F)F)C(F)(F)F. The summed E-state index contributed by atoms with van der Waals surface area (Å²) in [5, 5.41) is 0. The van der Waals surface area contributed by atoms with Gasteiger partial charge in [-0.1, -0.05) is 18.7 Å². The first kappa shape index (κ1) is 30.3. The third-order valence-corrected chi connectivity index (χ3v) is 6.17. The van der Waals surface area contributed by atoms with Crippen LogP contribution >= 0.6 is 0 Å². The van der Waals surface area contributed by atoms with Crippen LogP contribution in [0.5, 0.6) is 0 Å². The standard InChI is InChI=1S/C16H17FNO2.C2F6NO4S2/c1-13-7-9-18(10-8-13)20-14(2)11-19-12-15-3-5-16(17)6-4-15;3-1(4,5)14(10,11)9-15(12,13)2(6,7)8/h3-10H,2,11-12H2,1H3;/q+1;-1. The molecule has 0 fully saturated rings. The Morgan fingerprint density at radius 1 is 0.914 bits per heavy atom. The molecule has 0 atom stereocenters. The summed E-state index contributed by atoms with van der Waals surface area (Å²) in [6, 6.07) is 10.1. The van der Waals surface area contributed by atoms with Crippen molar-refractivity contribution in [1.82, 2.24) is 0 Å². The second-order valence-electron chi connectivity index (χ2n) is 6.40. The number of ether oxygens (including phenoxy) is 1. The van der Waals surface area contributed by atoms with Crippen molar-refractivity contribution >= 4 is 20.0 Å². The number of alkyl halides is 6. The fourth-order valence-electron chi connectivity index (χ4n) is 1.80. The highest BCUT2D eigenvalue weighted by Crippen LogP contribution is 2.36. The minimum absolute atomic E-state index is 0.253. The topological polar surface area (TPSA) is 105 Å². The number of nitrogens with zero attached hydrogens (tertiary/aromatic N) is 2. The van der Waals surface area contributed by atoms with E-state index < -0.39 is 31.1 Å². The highest BCUT2D eigenvalue weighted by molar-refractivity contribution is 8.13. The summed E-state index contributed by atoms with van der Waals surface area (Å²) >= 11 is 0. The Hall–Kier alpha value is -2.76. The zero-order chi connectivity index (χ0) is 27.1. The van der Waals surface area contributed by atoms with Gasteiger partial charge < -0.3 is 8.86 Å². The van der Waals surface area contributed by atoms with Crippen LogP contribution in [0.25, 0.3) is 4.13 Å². The molecule has 0 radical (unpaired) electrons. The van der Waals surface area contributed by atoms with Crippen LogP contribution in [-0.2, 0) is 31.4 Å². The number of aromatic nitrogens is 1. The number of halogens is 7. The largest absolute Gasteiger partial charge is 0.480 e. The van der Waals surface area contributed by atoms with Crippen molar-refractivity contribution in [2.24, 2.45) is 0 Å². The predicted octanol–water partition coefficient (Wildman–Crippen LogP) is 3.64. The van der Waals surface area contributed by atoms with Crippen LogP contribution in [0.2, 0.25) is 0 Å². The second-order valence-corrected chi connectivity index (χ2v) is 9.82. The number of rotatable bonds is 8. The molecule has 1 aromatic carbocycles. The number of sulfonamides is 2. The molecule has 1 aromatic heterocycles. The first-order chi connectivity index (χ1) is 15.8. The van der Waals surface area contributed by atoms with Crippen molar-refractivity contribution in [3.05, 3.63) is 82.2 Å². The fourth-order valence-corrected chi connectivity index (χ4v) is 3.51. The summed E-state index contributed by atoms with van der Waals surface area (Å²) in [5.74, 6) is 0.248. The molecule has 0 spiro atoms. The molecule has 0 bridgehead atoms. The maximum atomic E-state index is 12.7. The van der Waals surface area contributed by atoms with Crippen LogP contribution in [0, 0.1) is 12.7 Å². The van der Waals surface area contributed by atoms with E-state index in [9.17, 15) is 47.6 Å². The Kier molecular flexibility index (Phi) is 10.2. The third kappa shape index (κ3) is 10.2. The van der Waals surface area contributed by atoms with Gasteiger partial charge in [-0.05, 0) is 30.2 Å². The van der Waals surface area contributed by atoms with Crippen molar-refractivity contribution in [2.75, 3.05) is 6.61 Å². The maximum Gasteiger partial charge on any atom is 0.480 e. The van der Waals surface area contributed by atoms with E-state index in [4.69, 9.17) is 9.57 Å². The first-order valence-corrected chi connectivity index (χ1v) is 11.7. The Bertz CT molecular complexity index is 1150. The molecule has 35 heavy (non-hydrogen) atoms. The van der Waals surface area contributed by atoms with Gasteiger partial charge in [-0.25, -0.2) is 26.1 Å². The van der Waals surface area contributed by atoms with Gasteiger partial charge in [-0.15, -0.1) is 0 Å². The van der Waals surface area contributed by atoms with Crippen molar-refractivity contribution in [2.45, 2.75) is 24.5 Å².